The van der Waals surface area contributed by atoms with Gasteiger partial charge < -0.3 is 9.47 Å². The highest BCUT2D eigenvalue weighted by Crippen LogP contribution is 2.16. The number of hydrazone groups is 1. The van der Waals surface area contributed by atoms with Gasteiger partial charge in [-0.1, -0.05) is 29.3 Å². The Balaban J connectivity index is 1.49. The predicted molar refractivity (Wildman–Crippen MR) is 127 cm³/mol. The fourth-order valence-corrected chi connectivity index (χ4v) is 2.91. The molecule has 32 heavy (non-hydrogen) atoms. The van der Waals surface area contributed by atoms with Crippen LogP contribution < -0.4 is 14.9 Å². The maximum atomic E-state index is 12.2. The first-order valence-electron chi connectivity index (χ1n) is 10.2. The smallest absolute Gasteiger partial charge is 0.343 e. The van der Waals surface area contributed by atoms with Crippen molar-refractivity contribution in [2.45, 2.75) is 19.8 Å². The molecule has 7 heteroatoms. The zero-order valence-corrected chi connectivity index (χ0v) is 19.2. The van der Waals surface area contributed by atoms with E-state index < -0.39 is 5.97 Å². The highest BCUT2D eigenvalue weighted by molar-refractivity contribution is 9.10. The lowest BCUT2D eigenvalue weighted by atomic mass is 10.2. The molecule has 0 saturated carbocycles. The molecule has 0 aliphatic carbocycles. The molecular formula is C25H23BrN2O4. The van der Waals surface area contributed by atoms with Gasteiger partial charge in [-0.15, -0.1) is 0 Å². The number of hydrogen-bond donors (Lipinski definition) is 1. The third kappa shape index (κ3) is 7.06. The van der Waals surface area contributed by atoms with Gasteiger partial charge in [-0.25, -0.2) is 10.2 Å². The first-order chi connectivity index (χ1) is 15.5. The number of esters is 1. The maximum Gasteiger partial charge on any atom is 0.343 e. The van der Waals surface area contributed by atoms with Gasteiger partial charge >= 0.3 is 5.97 Å². The lowest BCUT2D eigenvalue weighted by Crippen LogP contribution is -2.17. The van der Waals surface area contributed by atoms with E-state index in [0.717, 1.165) is 28.6 Å². The van der Waals surface area contributed by atoms with Crippen LogP contribution >= 0.6 is 15.9 Å². The van der Waals surface area contributed by atoms with Crippen molar-refractivity contribution in [3.8, 4) is 11.5 Å². The zero-order chi connectivity index (χ0) is 22.8. The Morgan fingerprint density at radius 3 is 2.19 bits per heavy atom. The highest BCUT2D eigenvalue weighted by atomic mass is 79.9. The van der Waals surface area contributed by atoms with Crippen molar-refractivity contribution in [2.75, 3.05) is 6.61 Å². The van der Waals surface area contributed by atoms with Crippen LogP contribution in [0.5, 0.6) is 11.5 Å². The summed E-state index contributed by atoms with van der Waals surface area (Å²) in [5.41, 5.74) is 4.18. The molecular weight excluding hydrogens is 472 g/mol. The SMILES string of the molecule is CCCCOc1ccc(C(=O)N/N=C\c2ccc(OC(=O)c3ccc(Br)cc3)cc2)cc1. The number of carbonyl (C=O) groups excluding carboxylic acids is 2. The van der Waals surface area contributed by atoms with Crippen molar-refractivity contribution < 1.29 is 19.1 Å². The van der Waals surface area contributed by atoms with Crippen molar-refractivity contribution in [1.82, 2.24) is 5.43 Å². The molecule has 3 aromatic carbocycles. The Morgan fingerprint density at radius 1 is 0.906 bits per heavy atom. The molecule has 0 unspecified atom stereocenters. The zero-order valence-electron chi connectivity index (χ0n) is 17.6. The number of nitrogens with zero attached hydrogens (tertiary/aromatic N) is 1. The number of ether oxygens (including phenoxy) is 2. The monoisotopic (exact) mass is 494 g/mol. The molecule has 0 bridgehead atoms. The van der Waals surface area contributed by atoms with Crippen molar-refractivity contribution in [1.29, 1.82) is 0 Å². The maximum absolute atomic E-state index is 12.2. The summed E-state index contributed by atoms with van der Waals surface area (Å²) in [6.07, 6.45) is 3.57. The lowest BCUT2D eigenvalue weighted by molar-refractivity contribution is 0.0734. The van der Waals surface area contributed by atoms with Crippen molar-refractivity contribution in [2.24, 2.45) is 5.10 Å². The van der Waals surface area contributed by atoms with Gasteiger partial charge in [-0.2, -0.15) is 5.10 Å². The predicted octanol–water partition coefficient (Wildman–Crippen LogP) is 5.61. The van der Waals surface area contributed by atoms with Gasteiger partial charge in [-0.3, -0.25) is 4.79 Å². The Bertz CT molecular complexity index is 1060. The van der Waals surface area contributed by atoms with E-state index in [1.54, 1.807) is 72.8 Å². The average Bonchev–Trinajstić information content (AvgIpc) is 2.81. The number of hydrogen-bond acceptors (Lipinski definition) is 5. The molecule has 0 atom stereocenters. The van der Waals surface area contributed by atoms with E-state index >= 15 is 0 Å². The summed E-state index contributed by atoms with van der Waals surface area (Å²) in [7, 11) is 0. The Labute approximate surface area is 195 Å². The lowest BCUT2D eigenvalue weighted by Gasteiger charge is -2.06. The number of unbranched alkanes of at least 4 members (excludes halogenated alkanes) is 1. The number of carbonyl (C=O) groups is 2. The van der Waals surface area contributed by atoms with E-state index in [-0.39, 0.29) is 5.91 Å². The van der Waals surface area contributed by atoms with Crippen molar-refractivity contribution >= 4 is 34.0 Å². The summed E-state index contributed by atoms with van der Waals surface area (Å²) in [4.78, 5) is 24.4. The van der Waals surface area contributed by atoms with E-state index in [1.165, 1.54) is 6.21 Å². The van der Waals surface area contributed by atoms with E-state index in [1.807, 2.05) is 0 Å². The van der Waals surface area contributed by atoms with Crippen LogP contribution in [-0.4, -0.2) is 24.7 Å². The molecule has 3 aromatic rings. The number of amides is 1. The number of halogens is 1. The van der Waals surface area contributed by atoms with E-state index in [0.29, 0.717) is 23.5 Å². The van der Waals surface area contributed by atoms with Crippen LogP contribution in [0.25, 0.3) is 0 Å². The molecule has 0 fully saturated rings. The molecule has 1 amide bonds. The topological polar surface area (TPSA) is 77.0 Å². The third-order valence-corrected chi connectivity index (χ3v) is 4.96. The molecule has 0 aromatic heterocycles. The van der Waals surface area contributed by atoms with E-state index in [9.17, 15) is 9.59 Å². The second kappa shape index (κ2) is 11.8. The van der Waals surface area contributed by atoms with Crippen LogP contribution in [0.1, 0.15) is 46.0 Å². The molecule has 0 heterocycles. The summed E-state index contributed by atoms with van der Waals surface area (Å²) in [5.74, 6) is 0.397. The molecule has 1 N–H and O–H groups in total. The van der Waals surface area contributed by atoms with Gasteiger partial charge in [0.25, 0.3) is 5.91 Å². The Hall–Kier alpha value is -3.45. The second-order valence-electron chi connectivity index (χ2n) is 6.89. The van der Waals surface area contributed by atoms with E-state index in [2.05, 4.69) is 33.4 Å². The third-order valence-electron chi connectivity index (χ3n) is 4.43. The minimum atomic E-state index is -0.437. The van der Waals surface area contributed by atoms with Crippen molar-refractivity contribution in [3.63, 3.8) is 0 Å². The normalized spacial score (nSPS) is 10.7. The molecule has 3 rings (SSSR count). The number of benzene rings is 3. The van der Waals surface area contributed by atoms with Crippen LogP contribution in [0.2, 0.25) is 0 Å². The number of rotatable bonds is 9. The van der Waals surface area contributed by atoms with Gasteiger partial charge in [0, 0.05) is 10.0 Å². The summed E-state index contributed by atoms with van der Waals surface area (Å²) in [6, 6.07) is 20.7. The fourth-order valence-electron chi connectivity index (χ4n) is 2.64. The molecule has 0 aliphatic rings. The van der Waals surface area contributed by atoms with Crippen LogP contribution in [0, 0.1) is 0 Å². The average molecular weight is 495 g/mol. The quantitative estimate of drug-likeness (QED) is 0.138. The van der Waals surface area contributed by atoms with Crippen molar-refractivity contribution in [3.05, 3.63) is 94.0 Å². The summed E-state index contributed by atoms with van der Waals surface area (Å²) in [6.45, 7) is 2.76. The van der Waals surface area contributed by atoms with Crippen LogP contribution in [0.3, 0.4) is 0 Å². The largest absolute Gasteiger partial charge is 0.494 e. The molecule has 0 radical (unpaired) electrons. The Morgan fingerprint density at radius 2 is 1.53 bits per heavy atom. The molecule has 0 aliphatic heterocycles. The van der Waals surface area contributed by atoms with Gasteiger partial charge in [0.2, 0.25) is 0 Å². The number of nitrogens with one attached hydrogen (secondary N) is 1. The molecule has 0 spiro atoms. The van der Waals surface area contributed by atoms with Gasteiger partial charge in [-0.05, 0) is 84.8 Å². The van der Waals surface area contributed by atoms with Crippen LogP contribution in [0.4, 0.5) is 0 Å². The summed E-state index contributed by atoms with van der Waals surface area (Å²) in [5, 5.41) is 3.98. The summed E-state index contributed by atoms with van der Waals surface area (Å²) < 4.78 is 11.8. The van der Waals surface area contributed by atoms with Gasteiger partial charge in [0.1, 0.15) is 11.5 Å². The summed E-state index contributed by atoms with van der Waals surface area (Å²) >= 11 is 3.33. The van der Waals surface area contributed by atoms with Gasteiger partial charge in [0.15, 0.2) is 0 Å². The minimum Gasteiger partial charge on any atom is -0.494 e. The van der Waals surface area contributed by atoms with E-state index in [4.69, 9.17) is 9.47 Å². The van der Waals surface area contributed by atoms with Crippen LogP contribution in [0.15, 0.2) is 82.4 Å². The van der Waals surface area contributed by atoms with Gasteiger partial charge in [0.05, 0.1) is 18.4 Å². The minimum absolute atomic E-state index is 0.318. The first kappa shape index (κ1) is 23.2. The molecule has 6 nitrogen and oxygen atoms in total. The first-order valence-corrected chi connectivity index (χ1v) is 11.0. The Kier molecular flexibility index (Phi) is 8.57. The molecule has 0 saturated heterocycles. The highest BCUT2D eigenvalue weighted by Gasteiger charge is 2.08. The molecule has 164 valence electrons. The van der Waals surface area contributed by atoms with Crippen LogP contribution in [-0.2, 0) is 0 Å². The fraction of sp³-hybridized carbons (Fsp3) is 0.160. The standard InChI is InChI=1S/C25H23BrN2O4/c1-2-3-16-31-22-14-8-19(9-15-22)24(29)28-27-17-18-4-12-23(13-5-18)32-25(30)20-6-10-21(26)11-7-20/h4-15,17H,2-3,16H2,1H3,(H,28,29)/b27-17-. The second-order valence-corrected chi connectivity index (χ2v) is 7.81.